The Morgan fingerprint density at radius 2 is 1.48 bits per heavy atom. The van der Waals surface area contributed by atoms with E-state index in [1.54, 1.807) is 7.11 Å². The van der Waals surface area contributed by atoms with Gasteiger partial charge >= 0.3 is 0 Å². The van der Waals surface area contributed by atoms with Crippen LogP contribution in [0.3, 0.4) is 0 Å². The van der Waals surface area contributed by atoms with Crippen LogP contribution < -0.4 is 0 Å². The van der Waals surface area contributed by atoms with E-state index >= 15 is 0 Å². The first-order chi connectivity index (χ1) is 11.8. The highest BCUT2D eigenvalue weighted by Crippen LogP contribution is 2.37. The van der Waals surface area contributed by atoms with E-state index in [-0.39, 0.29) is 18.0 Å². The third kappa shape index (κ3) is 5.29. The zero-order valence-corrected chi connectivity index (χ0v) is 15.7. The Morgan fingerprint density at radius 3 is 2.08 bits per heavy atom. The van der Waals surface area contributed by atoms with Crippen molar-refractivity contribution < 1.29 is 9.47 Å². The Balaban J connectivity index is 0.00000225. The molecule has 0 radical (unpaired) electrons. The monoisotopic (exact) mass is 361 g/mol. The van der Waals surface area contributed by atoms with Gasteiger partial charge < -0.3 is 9.47 Å². The van der Waals surface area contributed by atoms with Crippen LogP contribution in [0.5, 0.6) is 0 Å². The quantitative estimate of drug-likeness (QED) is 0.688. The van der Waals surface area contributed by atoms with E-state index in [2.05, 4.69) is 65.6 Å². The Kier molecular flexibility index (Phi) is 7.91. The summed E-state index contributed by atoms with van der Waals surface area (Å²) < 4.78 is 11.5. The number of ether oxygens (including phenoxy) is 2. The van der Waals surface area contributed by atoms with Crippen molar-refractivity contribution in [3.8, 4) is 0 Å². The van der Waals surface area contributed by atoms with Crippen molar-refractivity contribution in [3.05, 3.63) is 71.8 Å². The molecular weight excluding hydrogens is 334 g/mol. The minimum Gasteiger partial charge on any atom is -0.382 e. The van der Waals surface area contributed by atoms with E-state index in [4.69, 9.17) is 9.47 Å². The fraction of sp³-hybridized carbons (Fsp3) is 0.429. The molecule has 0 atom stereocenters. The molecule has 0 spiro atoms. The van der Waals surface area contributed by atoms with Crippen LogP contribution >= 0.6 is 12.4 Å². The van der Waals surface area contributed by atoms with Crippen molar-refractivity contribution in [1.29, 1.82) is 0 Å². The second kappa shape index (κ2) is 9.93. The Labute approximate surface area is 157 Å². The van der Waals surface area contributed by atoms with Crippen LogP contribution in [-0.2, 0) is 21.6 Å². The highest BCUT2D eigenvalue weighted by atomic mass is 35.5. The molecule has 0 saturated carbocycles. The van der Waals surface area contributed by atoms with E-state index in [0.29, 0.717) is 13.2 Å². The smallest absolute Gasteiger partial charge is 0.0956 e. The molecule has 136 valence electrons. The molecule has 2 aromatic carbocycles. The summed E-state index contributed by atoms with van der Waals surface area (Å²) in [5.41, 5.74) is 2.50. The van der Waals surface area contributed by atoms with Gasteiger partial charge in [-0.1, -0.05) is 60.7 Å². The highest BCUT2D eigenvalue weighted by Gasteiger charge is 2.37. The molecule has 0 N–H and O–H groups in total. The predicted octanol–water partition coefficient (Wildman–Crippen LogP) is 4.26. The third-order valence-electron chi connectivity index (χ3n) is 4.88. The highest BCUT2D eigenvalue weighted by molar-refractivity contribution is 5.85. The summed E-state index contributed by atoms with van der Waals surface area (Å²) in [5, 5.41) is 0. The van der Waals surface area contributed by atoms with E-state index < -0.39 is 0 Å². The first kappa shape index (κ1) is 19.9. The number of halogens is 1. The molecule has 0 bridgehead atoms. The molecule has 4 heteroatoms. The van der Waals surface area contributed by atoms with Crippen molar-refractivity contribution in [2.24, 2.45) is 0 Å². The number of rotatable bonds is 7. The van der Waals surface area contributed by atoms with Crippen molar-refractivity contribution >= 4 is 12.4 Å². The lowest BCUT2D eigenvalue weighted by Crippen LogP contribution is -2.44. The molecular formula is C21H28ClNO2. The van der Waals surface area contributed by atoms with Crippen LogP contribution in [0.15, 0.2) is 60.7 Å². The molecule has 25 heavy (non-hydrogen) atoms. The molecule has 0 aliphatic carbocycles. The van der Waals surface area contributed by atoms with E-state index in [1.165, 1.54) is 11.1 Å². The van der Waals surface area contributed by atoms with Gasteiger partial charge in [0.1, 0.15) is 0 Å². The molecule has 3 rings (SSSR count). The Morgan fingerprint density at radius 1 is 0.880 bits per heavy atom. The summed E-state index contributed by atoms with van der Waals surface area (Å²) in [6.45, 7) is 4.41. The van der Waals surface area contributed by atoms with Gasteiger partial charge in [0.15, 0.2) is 0 Å². The molecule has 0 unspecified atom stereocenters. The van der Waals surface area contributed by atoms with Gasteiger partial charge in [0.25, 0.3) is 0 Å². The molecule has 3 nitrogen and oxygen atoms in total. The molecule has 1 heterocycles. The number of nitrogens with zero attached hydrogens (tertiary/aromatic N) is 1. The number of likely N-dealkylation sites (tertiary alicyclic amines) is 1. The molecule has 0 aromatic heterocycles. The van der Waals surface area contributed by atoms with Gasteiger partial charge in [-0.2, -0.15) is 0 Å². The van der Waals surface area contributed by atoms with Crippen LogP contribution in [0.25, 0.3) is 0 Å². The average Bonchev–Trinajstić information content (AvgIpc) is 2.65. The number of hydrogen-bond donors (Lipinski definition) is 0. The van der Waals surface area contributed by atoms with Gasteiger partial charge in [-0.15, -0.1) is 12.4 Å². The summed E-state index contributed by atoms with van der Waals surface area (Å²) >= 11 is 0. The fourth-order valence-corrected chi connectivity index (χ4v) is 3.49. The minimum atomic E-state index is -0.174. The van der Waals surface area contributed by atoms with Crippen LogP contribution in [-0.4, -0.2) is 38.3 Å². The van der Waals surface area contributed by atoms with Gasteiger partial charge in [-0.3, -0.25) is 4.90 Å². The van der Waals surface area contributed by atoms with Crippen LogP contribution in [0.2, 0.25) is 0 Å². The van der Waals surface area contributed by atoms with Crippen molar-refractivity contribution in [2.45, 2.75) is 25.0 Å². The number of methoxy groups -OCH3 is 1. The molecule has 1 fully saturated rings. The summed E-state index contributed by atoms with van der Waals surface area (Å²) in [6, 6.07) is 21.4. The van der Waals surface area contributed by atoms with Gasteiger partial charge in [0.2, 0.25) is 0 Å². The zero-order valence-electron chi connectivity index (χ0n) is 14.9. The normalized spacial score (nSPS) is 17.0. The van der Waals surface area contributed by atoms with Crippen LogP contribution in [0, 0.1) is 0 Å². The number of hydrogen-bond acceptors (Lipinski definition) is 3. The van der Waals surface area contributed by atoms with E-state index in [1.807, 2.05) is 0 Å². The lowest BCUT2D eigenvalue weighted by molar-refractivity contribution is -0.102. The number of piperidine rings is 1. The minimum absolute atomic E-state index is 0. The Hall–Kier alpha value is -1.39. The summed E-state index contributed by atoms with van der Waals surface area (Å²) in [7, 11) is 1.72. The van der Waals surface area contributed by atoms with E-state index in [0.717, 1.165) is 32.5 Å². The van der Waals surface area contributed by atoms with E-state index in [9.17, 15) is 0 Å². The second-order valence-corrected chi connectivity index (χ2v) is 6.46. The molecule has 0 amide bonds. The Bertz CT molecular complexity index is 598. The zero-order chi connectivity index (χ0) is 16.7. The number of benzene rings is 2. The van der Waals surface area contributed by atoms with Crippen molar-refractivity contribution in [3.63, 3.8) is 0 Å². The fourth-order valence-electron chi connectivity index (χ4n) is 3.49. The third-order valence-corrected chi connectivity index (χ3v) is 4.88. The van der Waals surface area contributed by atoms with Gasteiger partial charge in [-0.25, -0.2) is 0 Å². The molecule has 1 aliphatic heterocycles. The molecule has 2 aromatic rings. The van der Waals surface area contributed by atoms with Gasteiger partial charge in [0, 0.05) is 26.7 Å². The topological polar surface area (TPSA) is 21.7 Å². The maximum absolute atomic E-state index is 6.34. The standard InChI is InChI=1S/C21H27NO2.ClH/c1-23-16-17-24-21(20-10-6-3-7-11-20)12-14-22(15-13-21)18-19-8-4-2-5-9-19;/h2-11H,12-18H2,1H3;1H. The predicted molar refractivity (Wildman–Crippen MR) is 104 cm³/mol. The maximum atomic E-state index is 6.34. The average molecular weight is 362 g/mol. The largest absolute Gasteiger partial charge is 0.382 e. The molecule has 1 saturated heterocycles. The SMILES string of the molecule is COCCOC1(c2ccccc2)CCN(Cc2ccccc2)CC1.Cl. The molecule has 1 aliphatic rings. The van der Waals surface area contributed by atoms with Gasteiger partial charge in [-0.05, 0) is 24.0 Å². The van der Waals surface area contributed by atoms with Crippen molar-refractivity contribution in [2.75, 3.05) is 33.4 Å². The van der Waals surface area contributed by atoms with Crippen molar-refractivity contribution in [1.82, 2.24) is 4.90 Å². The van der Waals surface area contributed by atoms with Crippen LogP contribution in [0.1, 0.15) is 24.0 Å². The summed E-state index contributed by atoms with van der Waals surface area (Å²) in [6.07, 6.45) is 2.04. The first-order valence-corrected chi connectivity index (χ1v) is 8.77. The summed E-state index contributed by atoms with van der Waals surface area (Å²) in [5.74, 6) is 0. The van der Waals surface area contributed by atoms with Crippen LogP contribution in [0.4, 0.5) is 0 Å². The second-order valence-electron chi connectivity index (χ2n) is 6.46. The summed E-state index contributed by atoms with van der Waals surface area (Å²) in [4.78, 5) is 2.52. The lowest BCUT2D eigenvalue weighted by Gasteiger charge is -2.42. The van der Waals surface area contributed by atoms with Gasteiger partial charge in [0.05, 0.1) is 18.8 Å². The maximum Gasteiger partial charge on any atom is 0.0956 e. The first-order valence-electron chi connectivity index (χ1n) is 8.77. The lowest BCUT2D eigenvalue weighted by atomic mass is 9.84.